The summed E-state index contributed by atoms with van der Waals surface area (Å²) in [7, 11) is 0. The summed E-state index contributed by atoms with van der Waals surface area (Å²) < 4.78 is 12.4. The lowest BCUT2D eigenvalue weighted by Gasteiger charge is -2.23. The van der Waals surface area contributed by atoms with Crippen molar-refractivity contribution in [1.82, 2.24) is 4.98 Å². The Morgan fingerprint density at radius 1 is 1.10 bits per heavy atom. The van der Waals surface area contributed by atoms with Crippen molar-refractivity contribution in [2.75, 3.05) is 44.3 Å². The van der Waals surface area contributed by atoms with Crippen LogP contribution in [0.15, 0.2) is 42.5 Å². The predicted molar refractivity (Wildman–Crippen MR) is 120 cm³/mol. The first-order valence-electron chi connectivity index (χ1n) is 10.6. The molecule has 0 bridgehead atoms. The van der Waals surface area contributed by atoms with Gasteiger partial charge < -0.3 is 14.4 Å². The summed E-state index contributed by atoms with van der Waals surface area (Å²) in [5, 5.41) is 0.736. The fraction of sp³-hybridized carbons (Fsp3) is 0.391. The van der Waals surface area contributed by atoms with Crippen LogP contribution in [0.1, 0.15) is 19.4 Å². The van der Waals surface area contributed by atoms with Gasteiger partial charge in [0.1, 0.15) is 13.2 Å². The molecule has 1 N–H and O–H groups in total. The van der Waals surface area contributed by atoms with Gasteiger partial charge in [-0.3, -0.25) is 9.69 Å². The molecule has 2 aromatic carbocycles. The largest absolute Gasteiger partial charge is 0.486 e. The van der Waals surface area contributed by atoms with Crippen molar-refractivity contribution >= 4 is 32.6 Å². The van der Waals surface area contributed by atoms with E-state index in [1.165, 1.54) is 16.2 Å². The lowest BCUT2D eigenvalue weighted by atomic mass is 10.1. The Morgan fingerprint density at radius 3 is 2.50 bits per heavy atom. The summed E-state index contributed by atoms with van der Waals surface area (Å²) in [5.41, 5.74) is 1.85. The number of likely N-dealkylation sites (N-methyl/N-ethyl adjacent to an activating group) is 1. The predicted octanol–water partition coefficient (Wildman–Crippen LogP) is 2.57. The Morgan fingerprint density at radius 2 is 1.80 bits per heavy atom. The average molecular weight is 427 g/mol. The number of hydrogen-bond acceptors (Lipinski definition) is 5. The van der Waals surface area contributed by atoms with E-state index in [9.17, 15) is 4.79 Å². The number of aromatic nitrogens is 1. The number of amides is 1. The van der Waals surface area contributed by atoms with E-state index in [-0.39, 0.29) is 5.91 Å². The molecule has 0 atom stereocenters. The maximum absolute atomic E-state index is 13.3. The van der Waals surface area contributed by atoms with Crippen LogP contribution < -0.4 is 19.3 Å². The number of fused-ring (bicyclic) bond motifs is 2. The third-order valence-corrected chi connectivity index (χ3v) is 6.50. The van der Waals surface area contributed by atoms with E-state index in [0.717, 1.165) is 52.0 Å². The van der Waals surface area contributed by atoms with E-state index >= 15 is 0 Å². The van der Waals surface area contributed by atoms with E-state index in [2.05, 4.69) is 13.8 Å². The number of thiazole rings is 1. The van der Waals surface area contributed by atoms with Crippen molar-refractivity contribution in [2.24, 2.45) is 0 Å². The molecule has 7 heteroatoms. The van der Waals surface area contributed by atoms with Crippen LogP contribution in [-0.4, -0.2) is 50.3 Å². The SMILES string of the molecule is CC[NH+](CC)CCN(C(=O)Cc1ccccc1)c1nc2cc3c(cc2s1)OCCO3. The van der Waals surface area contributed by atoms with Crippen LogP contribution in [-0.2, 0) is 11.2 Å². The zero-order valence-electron chi connectivity index (χ0n) is 17.5. The highest BCUT2D eigenvalue weighted by molar-refractivity contribution is 7.22. The van der Waals surface area contributed by atoms with Gasteiger partial charge in [-0.05, 0) is 19.4 Å². The molecule has 0 unspecified atom stereocenters. The summed E-state index contributed by atoms with van der Waals surface area (Å²) >= 11 is 1.53. The molecule has 1 aliphatic rings. The Labute approximate surface area is 181 Å². The quantitative estimate of drug-likeness (QED) is 0.602. The van der Waals surface area contributed by atoms with Gasteiger partial charge in [-0.1, -0.05) is 41.7 Å². The zero-order valence-corrected chi connectivity index (χ0v) is 18.3. The van der Waals surface area contributed by atoms with Crippen LogP contribution in [0.4, 0.5) is 5.13 Å². The van der Waals surface area contributed by atoms with Crippen molar-refractivity contribution in [3.05, 3.63) is 48.0 Å². The molecule has 0 fully saturated rings. The highest BCUT2D eigenvalue weighted by atomic mass is 32.1. The molecule has 0 saturated carbocycles. The Balaban J connectivity index is 1.62. The van der Waals surface area contributed by atoms with Crippen LogP contribution in [0.2, 0.25) is 0 Å². The molecule has 0 saturated heterocycles. The van der Waals surface area contributed by atoms with Crippen LogP contribution in [0.3, 0.4) is 0 Å². The monoisotopic (exact) mass is 426 g/mol. The molecule has 0 aliphatic carbocycles. The number of benzene rings is 2. The van der Waals surface area contributed by atoms with Crippen molar-refractivity contribution in [3.63, 3.8) is 0 Å². The number of nitrogens with zero attached hydrogens (tertiary/aromatic N) is 2. The topological polar surface area (TPSA) is 56.1 Å². The molecule has 158 valence electrons. The first-order valence-corrected chi connectivity index (χ1v) is 11.4. The van der Waals surface area contributed by atoms with Gasteiger partial charge in [-0.25, -0.2) is 4.98 Å². The maximum atomic E-state index is 13.3. The van der Waals surface area contributed by atoms with Crippen molar-refractivity contribution in [3.8, 4) is 11.5 Å². The van der Waals surface area contributed by atoms with Gasteiger partial charge in [0.25, 0.3) is 0 Å². The minimum absolute atomic E-state index is 0.0732. The third-order valence-electron chi connectivity index (χ3n) is 5.46. The average Bonchev–Trinajstić information content (AvgIpc) is 3.18. The second kappa shape index (κ2) is 9.45. The Hall–Kier alpha value is -2.64. The van der Waals surface area contributed by atoms with Gasteiger partial charge in [0.15, 0.2) is 16.6 Å². The van der Waals surface area contributed by atoms with E-state index in [0.29, 0.717) is 26.2 Å². The minimum atomic E-state index is 0.0732. The van der Waals surface area contributed by atoms with Crippen molar-refractivity contribution < 1.29 is 19.2 Å². The van der Waals surface area contributed by atoms with Crippen LogP contribution in [0, 0.1) is 0 Å². The Bertz CT molecular complexity index is 959. The van der Waals surface area contributed by atoms with Gasteiger partial charge >= 0.3 is 0 Å². The highest BCUT2D eigenvalue weighted by Crippen LogP contribution is 2.38. The molecule has 0 radical (unpaired) electrons. The molecule has 0 spiro atoms. The van der Waals surface area contributed by atoms with Gasteiger partial charge in [0.2, 0.25) is 5.91 Å². The first kappa shape index (κ1) is 20.6. The summed E-state index contributed by atoms with van der Waals surface area (Å²) in [5.74, 6) is 1.54. The molecule has 4 rings (SSSR count). The standard InChI is InChI=1S/C23H27N3O3S/c1-3-25(4-2)10-11-26(22(27)14-17-8-6-5-7-9-17)23-24-18-15-19-20(16-21(18)30-23)29-13-12-28-19/h5-9,15-16H,3-4,10-14H2,1-2H3/p+1. The van der Waals surface area contributed by atoms with Gasteiger partial charge in [0, 0.05) is 12.1 Å². The second-order valence-electron chi connectivity index (χ2n) is 7.37. The number of nitrogens with one attached hydrogen (secondary N) is 1. The molecule has 30 heavy (non-hydrogen) atoms. The summed E-state index contributed by atoms with van der Waals surface area (Å²) in [4.78, 5) is 21.4. The summed E-state index contributed by atoms with van der Waals surface area (Å²) in [6.07, 6.45) is 0.368. The van der Waals surface area contributed by atoms with E-state index < -0.39 is 0 Å². The number of hydrogen-bond donors (Lipinski definition) is 1. The minimum Gasteiger partial charge on any atom is -0.486 e. The number of carbonyl (C=O) groups is 1. The molecule has 1 amide bonds. The number of anilines is 1. The highest BCUT2D eigenvalue weighted by Gasteiger charge is 2.23. The normalized spacial score (nSPS) is 13.0. The fourth-order valence-corrected chi connectivity index (χ4v) is 4.65. The molecule has 3 aromatic rings. The van der Waals surface area contributed by atoms with Crippen molar-refractivity contribution in [2.45, 2.75) is 20.3 Å². The van der Waals surface area contributed by atoms with Gasteiger partial charge in [-0.15, -0.1) is 0 Å². The lowest BCUT2D eigenvalue weighted by molar-refractivity contribution is -0.894. The number of ether oxygens (including phenoxy) is 2. The molecule has 2 heterocycles. The Kier molecular flexibility index (Phi) is 6.50. The summed E-state index contributed by atoms with van der Waals surface area (Å²) in [6.45, 7) is 9.08. The lowest BCUT2D eigenvalue weighted by Crippen LogP contribution is -3.12. The smallest absolute Gasteiger partial charge is 0.233 e. The van der Waals surface area contributed by atoms with Crippen molar-refractivity contribution in [1.29, 1.82) is 0 Å². The molecular weight excluding hydrogens is 398 g/mol. The molecule has 1 aliphatic heterocycles. The zero-order chi connectivity index (χ0) is 20.9. The fourth-order valence-electron chi connectivity index (χ4n) is 3.63. The third kappa shape index (κ3) is 4.57. The van der Waals surface area contributed by atoms with Crippen LogP contribution in [0.5, 0.6) is 11.5 Å². The van der Waals surface area contributed by atoms with Crippen LogP contribution >= 0.6 is 11.3 Å². The van der Waals surface area contributed by atoms with Gasteiger partial charge in [0.05, 0.1) is 42.8 Å². The maximum Gasteiger partial charge on any atom is 0.233 e. The van der Waals surface area contributed by atoms with E-state index in [1.54, 1.807) is 0 Å². The molecular formula is C23H28N3O3S+. The van der Waals surface area contributed by atoms with E-state index in [1.807, 2.05) is 47.4 Å². The molecule has 6 nitrogen and oxygen atoms in total. The first-order chi connectivity index (χ1) is 14.7. The second-order valence-corrected chi connectivity index (χ2v) is 8.38. The molecule has 1 aromatic heterocycles. The summed E-state index contributed by atoms with van der Waals surface area (Å²) in [6, 6.07) is 13.8. The number of carbonyl (C=O) groups excluding carboxylic acids is 1. The van der Waals surface area contributed by atoms with Crippen LogP contribution in [0.25, 0.3) is 10.2 Å². The van der Waals surface area contributed by atoms with Gasteiger partial charge in [-0.2, -0.15) is 0 Å². The number of quaternary nitrogens is 1. The van der Waals surface area contributed by atoms with E-state index in [4.69, 9.17) is 14.5 Å². The number of rotatable bonds is 8.